The van der Waals surface area contributed by atoms with E-state index in [9.17, 15) is 9.90 Å². The van der Waals surface area contributed by atoms with Crippen molar-refractivity contribution in [3.8, 4) is 0 Å². The molecule has 0 spiro atoms. The zero-order valence-corrected chi connectivity index (χ0v) is 11.9. The molecule has 1 fully saturated rings. The summed E-state index contributed by atoms with van der Waals surface area (Å²) in [5, 5.41) is 9.88. The van der Waals surface area contributed by atoms with E-state index < -0.39 is 6.10 Å². The lowest BCUT2D eigenvalue weighted by Gasteiger charge is -2.33. The molecule has 5 nitrogen and oxygen atoms in total. The van der Waals surface area contributed by atoms with Crippen LogP contribution in [0, 0.1) is 0 Å². The number of hydrogen-bond donors (Lipinski definition) is 1. The molecule has 108 valence electrons. The number of aliphatic hydroxyl groups excluding tert-OH is 1. The second-order valence-electron chi connectivity index (χ2n) is 5.50. The fourth-order valence-corrected chi connectivity index (χ4v) is 2.99. The number of aliphatic hydroxyl groups is 1. The largest absolute Gasteiger partial charge is 0.381 e. The van der Waals surface area contributed by atoms with Gasteiger partial charge in [-0.1, -0.05) is 6.07 Å². The monoisotopic (exact) mass is 276 g/mol. The number of amides is 1. The highest BCUT2D eigenvalue weighted by Crippen LogP contribution is 2.37. The number of ether oxygens (including phenoxy) is 1. The number of anilines is 2. The molecular weight excluding hydrogens is 256 g/mol. The van der Waals surface area contributed by atoms with E-state index in [0.717, 1.165) is 37.4 Å². The quantitative estimate of drug-likeness (QED) is 0.885. The molecule has 0 aliphatic carbocycles. The first-order chi connectivity index (χ1) is 9.59. The molecule has 1 atom stereocenters. The maximum atomic E-state index is 11.8. The summed E-state index contributed by atoms with van der Waals surface area (Å²) in [4.78, 5) is 15.6. The van der Waals surface area contributed by atoms with Gasteiger partial charge in [-0.05, 0) is 25.0 Å². The summed E-state index contributed by atoms with van der Waals surface area (Å²) in [5.74, 6) is -0.258. The highest BCUT2D eigenvalue weighted by Gasteiger charge is 2.34. The Hall–Kier alpha value is -1.59. The van der Waals surface area contributed by atoms with Crippen molar-refractivity contribution in [2.45, 2.75) is 25.0 Å². The van der Waals surface area contributed by atoms with Gasteiger partial charge in [0.15, 0.2) is 6.10 Å². The van der Waals surface area contributed by atoms with Gasteiger partial charge in [-0.15, -0.1) is 0 Å². The van der Waals surface area contributed by atoms with Gasteiger partial charge in [-0.3, -0.25) is 4.79 Å². The Kier molecular flexibility index (Phi) is 3.40. The molecule has 0 bridgehead atoms. The Labute approximate surface area is 118 Å². The number of hydrogen-bond acceptors (Lipinski definition) is 4. The average molecular weight is 276 g/mol. The van der Waals surface area contributed by atoms with Gasteiger partial charge in [0.2, 0.25) is 0 Å². The van der Waals surface area contributed by atoms with Crippen molar-refractivity contribution in [2.75, 3.05) is 37.1 Å². The highest BCUT2D eigenvalue weighted by molar-refractivity contribution is 6.03. The van der Waals surface area contributed by atoms with Gasteiger partial charge in [0.05, 0.1) is 5.69 Å². The maximum absolute atomic E-state index is 11.8. The van der Waals surface area contributed by atoms with Crippen molar-refractivity contribution in [2.24, 2.45) is 0 Å². The fourth-order valence-electron chi connectivity index (χ4n) is 2.99. The van der Waals surface area contributed by atoms with E-state index in [4.69, 9.17) is 4.74 Å². The minimum absolute atomic E-state index is 0.258. The van der Waals surface area contributed by atoms with Crippen molar-refractivity contribution < 1.29 is 14.6 Å². The molecule has 2 heterocycles. The smallest absolute Gasteiger partial charge is 0.260 e. The molecule has 1 aromatic carbocycles. The number of carbonyl (C=O) groups excluding carboxylic acids is 1. The van der Waals surface area contributed by atoms with E-state index in [0.29, 0.717) is 11.6 Å². The van der Waals surface area contributed by atoms with Crippen molar-refractivity contribution in [1.82, 2.24) is 0 Å². The molecule has 3 rings (SSSR count). The summed E-state index contributed by atoms with van der Waals surface area (Å²) in [5.41, 5.74) is 2.57. The first-order valence-electron chi connectivity index (χ1n) is 7.00. The summed E-state index contributed by atoms with van der Waals surface area (Å²) < 4.78 is 5.39. The SMILES string of the molecule is CN1C(=O)C(O)c2ccc(N(C)C3CCOCC3)cc21. The van der Waals surface area contributed by atoms with Crippen LogP contribution in [0.1, 0.15) is 24.5 Å². The van der Waals surface area contributed by atoms with E-state index in [1.54, 1.807) is 7.05 Å². The van der Waals surface area contributed by atoms with E-state index in [1.807, 2.05) is 18.2 Å². The molecule has 2 aliphatic rings. The Balaban J connectivity index is 1.87. The van der Waals surface area contributed by atoms with Gasteiger partial charge in [-0.25, -0.2) is 0 Å². The Morgan fingerprint density at radius 3 is 2.75 bits per heavy atom. The van der Waals surface area contributed by atoms with Crippen molar-refractivity contribution in [1.29, 1.82) is 0 Å². The molecule has 0 aromatic heterocycles. The number of fused-ring (bicyclic) bond motifs is 1. The molecular formula is C15H20N2O3. The Morgan fingerprint density at radius 1 is 1.35 bits per heavy atom. The predicted molar refractivity (Wildman–Crippen MR) is 77.1 cm³/mol. The molecule has 5 heteroatoms. The van der Waals surface area contributed by atoms with Gasteiger partial charge in [0.1, 0.15) is 0 Å². The molecule has 1 N–H and O–H groups in total. The Bertz CT molecular complexity index is 526. The molecule has 0 saturated carbocycles. The average Bonchev–Trinajstić information content (AvgIpc) is 2.72. The minimum atomic E-state index is -1.02. The van der Waals surface area contributed by atoms with E-state index >= 15 is 0 Å². The maximum Gasteiger partial charge on any atom is 0.260 e. The van der Waals surface area contributed by atoms with Crippen LogP contribution in [0.25, 0.3) is 0 Å². The minimum Gasteiger partial charge on any atom is -0.381 e. The van der Waals surface area contributed by atoms with Crippen LogP contribution in [0.4, 0.5) is 11.4 Å². The number of benzene rings is 1. The molecule has 1 unspecified atom stereocenters. The van der Waals surface area contributed by atoms with E-state index in [-0.39, 0.29) is 5.91 Å². The number of carbonyl (C=O) groups is 1. The van der Waals surface area contributed by atoms with Crippen LogP contribution in [0.2, 0.25) is 0 Å². The second-order valence-corrected chi connectivity index (χ2v) is 5.50. The molecule has 20 heavy (non-hydrogen) atoms. The van der Waals surface area contributed by atoms with Crippen LogP contribution in [0.3, 0.4) is 0 Å². The van der Waals surface area contributed by atoms with E-state index in [2.05, 4.69) is 11.9 Å². The summed E-state index contributed by atoms with van der Waals surface area (Å²) in [6.07, 6.45) is 1.02. The van der Waals surface area contributed by atoms with Crippen LogP contribution in [0.5, 0.6) is 0 Å². The second kappa shape index (κ2) is 5.07. The fraction of sp³-hybridized carbons (Fsp3) is 0.533. The molecule has 1 amide bonds. The lowest BCUT2D eigenvalue weighted by molar-refractivity contribution is -0.125. The summed E-state index contributed by atoms with van der Waals surface area (Å²) in [6, 6.07) is 6.28. The Morgan fingerprint density at radius 2 is 2.05 bits per heavy atom. The highest BCUT2D eigenvalue weighted by atomic mass is 16.5. The summed E-state index contributed by atoms with van der Waals surface area (Å²) >= 11 is 0. The lowest BCUT2D eigenvalue weighted by atomic mass is 10.1. The third kappa shape index (κ3) is 2.07. The van der Waals surface area contributed by atoms with Crippen LogP contribution < -0.4 is 9.80 Å². The van der Waals surface area contributed by atoms with Crippen LogP contribution in [0.15, 0.2) is 18.2 Å². The van der Waals surface area contributed by atoms with Gasteiger partial charge >= 0.3 is 0 Å². The van der Waals surface area contributed by atoms with Crippen LogP contribution >= 0.6 is 0 Å². The predicted octanol–water partition coefficient (Wildman–Crippen LogP) is 1.31. The summed E-state index contributed by atoms with van der Waals surface area (Å²) in [7, 11) is 3.78. The standard InChI is InChI=1S/C15H20N2O3/c1-16(10-5-7-20-8-6-10)11-3-4-12-13(9-11)17(2)15(19)14(12)18/h3-4,9-10,14,18H,5-8H2,1-2H3. The topological polar surface area (TPSA) is 53.0 Å². The molecule has 1 saturated heterocycles. The van der Waals surface area contributed by atoms with Crippen LogP contribution in [-0.4, -0.2) is 44.4 Å². The molecule has 2 aliphatic heterocycles. The zero-order chi connectivity index (χ0) is 14.3. The molecule has 0 radical (unpaired) electrons. The molecule has 1 aromatic rings. The number of nitrogens with zero attached hydrogens (tertiary/aromatic N) is 2. The van der Waals surface area contributed by atoms with Gasteiger partial charge < -0.3 is 19.6 Å². The zero-order valence-electron chi connectivity index (χ0n) is 11.9. The third-order valence-electron chi connectivity index (χ3n) is 4.38. The van der Waals surface area contributed by atoms with Crippen molar-refractivity contribution in [3.05, 3.63) is 23.8 Å². The van der Waals surface area contributed by atoms with Crippen molar-refractivity contribution >= 4 is 17.3 Å². The first-order valence-corrected chi connectivity index (χ1v) is 7.00. The summed E-state index contributed by atoms with van der Waals surface area (Å²) in [6.45, 7) is 1.61. The van der Waals surface area contributed by atoms with Gasteiger partial charge in [0.25, 0.3) is 5.91 Å². The lowest BCUT2D eigenvalue weighted by Crippen LogP contribution is -2.36. The number of rotatable bonds is 2. The third-order valence-corrected chi connectivity index (χ3v) is 4.38. The van der Waals surface area contributed by atoms with Gasteiger partial charge in [-0.2, -0.15) is 0 Å². The normalized spacial score (nSPS) is 23.1. The van der Waals surface area contributed by atoms with Gasteiger partial charge in [0, 0.05) is 44.6 Å². The van der Waals surface area contributed by atoms with Crippen molar-refractivity contribution in [3.63, 3.8) is 0 Å². The van der Waals surface area contributed by atoms with Crippen LogP contribution in [-0.2, 0) is 9.53 Å². The van der Waals surface area contributed by atoms with E-state index in [1.165, 1.54) is 4.90 Å². The number of likely N-dealkylation sites (N-methyl/N-ethyl adjacent to an activating group) is 1. The first kappa shape index (κ1) is 13.4.